The number of piperidine rings is 1. The molecule has 0 aromatic rings. The third-order valence-corrected chi connectivity index (χ3v) is 3.77. The first-order valence-electron chi connectivity index (χ1n) is 7.44. The van der Waals surface area contributed by atoms with Crippen LogP contribution in [-0.4, -0.2) is 53.6 Å². The molecule has 1 unspecified atom stereocenters. The molecule has 0 aliphatic carbocycles. The molecule has 0 bridgehead atoms. The van der Waals surface area contributed by atoms with Crippen molar-refractivity contribution in [2.24, 2.45) is 5.92 Å². The van der Waals surface area contributed by atoms with E-state index in [4.69, 9.17) is 5.11 Å². The van der Waals surface area contributed by atoms with E-state index >= 15 is 0 Å². The van der Waals surface area contributed by atoms with Crippen LogP contribution in [0.15, 0.2) is 0 Å². The topological polar surface area (TPSA) is 98.7 Å². The van der Waals surface area contributed by atoms with Crippen LogP contribution < -0.4 is 10.6 Å². The number of carboxylic acids is 1. The standard InChI is InChI=1S/C14H25N3O4/c1-3-11(8-13(19)20)9-15-14(21)17-6-4-12(5-7-17)16-10(2)18/h11-12H,3-9H2,1-2H3,(H,15,21)(H,16,18)(H,19,20). The van der Waals surface area contributed by atoms with Crippen LogP contribution in [0.5, 0.6) is 0 Å². The van der Waals surface area contributed by atoms with Crippen LogP contribution in [-0.2, 0) is 9.59 Å². The summed E-state index contributed by atoms with van der Waals surface area (Å²) in [6.45, 7) is 5.00. The van der Waals surface area contributed by atoms with Gasteiger partial charge in [-0.15, -0.1) is 0 Å². The molecule has 0 aromatic carbocycles. The van der Waals surface area contributed by atoms with Crippen LogP contribution in [0.1, 0.15) is 39.5 Å². The van der Waals surface area contributed by atoms with E-state index in [1.54, 1.807) is 4.90 Å². The van der Waals surface area contributed by atoms with Crippen molar-refractivity contribution < 1.29 is 19.5 Å². The molecule has 3 amide bonds. The van der Waals surface area contributed by atoms with E-state index in [2.05, 4.69) is 10.6 Å². The van der Waals surface area contributed by atoms with E-state index in [-0.39, 0.29) is 30.3 Å². The van der Waals surface area contributed by atoms with Crippen molar-refractivity contribution in [1.82, 2.24) is 15.5 Å². The van der Waals surface area contributed by atoms with Gasteiger partial charge in [0, 0.05) is 39.0 Å². The summed E-state index contributed by atoms with van der Waals surface area (Å²) in [6, 6.07) is -0.0120. The number of nitrogens with zero attached hydrogens (tertiary/aromatic N) is 1. The van der Waals surface area contributed by atoms with Crippen LogP contribution in [0.4, 0.5) is 4.79 Å². The second-order valence-corrected chi connectivity index (χ2v) is 5.52. The summed E-state index contributed by atoms with van der Waals surface area (Å²) in [5.74, 6) is -0.923. The lowest BCUT2D eigenvalue weighted by atomic mass is 10.0. The Balaban J connectivity index is 2.30. The highest BCUT2D eigenvalue weighted by atomic mass is 16.4. The quantitative estimate of drug-likeness (QED) is 0.675. The number of hydrogen-bond donors (Lipinski definition) is 3. The number of hydrogen-bond acceptors (Lipinski definition) is 3. The zero-order valence-electron chi connectivity index (χ0n) is 12.7. The van der Waals surface area contributed by atoms with Gasteiger partial charge in [-0.05, 0) is 18.8 Å². The highest BCUT2D eigenvalue weighted by molar-refractivity contribution is 5.75. The van der Waals surface area contributed by atoms with Crippen molar-refractivity contribution in [3.63, 3.8) is 0 Å². The van der Waals surface area contributed by atoms with Gasteiger partial charge in [-0.1, -0.05) is 13.3 Å². The summed E-state index contributed by atoms with van der Waals surface area (Å²) in [5.41, 5.74) is 0. The molecule has 1 fully saturated rings. The van der Waals surface area contributed by atoms with Gasteiger partial charge in [0.15, 0.2) is 0 Å². The number of carbonyl (C=O) groups is 3. The minimum atomic E-state index is -0.841. The number of nitrogens with one attached hydrogen (secondary N) is 2. The van der Waals surface area contributed by atoms with E-state index in [0.717, 1.165) is 19.3 Å². The van der Waals surface area contributed by atoms with Crippen LogP contribution in [0.25, 0.3) is 0 Å². The van der Waals surface area contributed by atoms with Gasteiger partial charge >= 0.3 is 12.0 Å². The monoisotopic (exact) mass is 299 g/mol. The van der Waals surface area contributed by atoms with Crippen molar-refractivity contribution in [1.29, 1.82) is 0 Å². The average molecular weight is 299 g/mol. The lowest BCUT2D eigenvalue weighted by molar-refractivity contribution is -0.138. The van der Waals surface area contributed by atoms with Gasteiger partial charge in [-0.2, -0.15) is 0 Å². The summed E-state index contributed by atoms with van der Waals surface area (Å²) in [5, 5.41) is 14.4. The number of aliphatic carboxylic acids is 1. The zero-order chi connectivity index (χ0) is 15.8. The lowest BCUT2D eigenvalue weighted by Gasteiger charge is -2.32. The average Bonchev–Trinajstić information content (AvgIpc) is 2.42. The Kier molecular flexibility index (Phi) is 6.98. The van der Waals surface area contributed by atoms with E-state index in [0.29, 0.717) is 19.6 Å². The summed E-state index contributed by atoms with van der Waals surface area (Å²) in [4.78, 5) is 35.4. The van der Waals surface area contributed by atoms with E-state index < -0.39 is 5.97 Å². The van der Waals surface area contributed by atoms with Gasteiger partial charge in [0.2, 0.25) is 5.91 Å². The number of carboxylic acid groups (broad SMARTS) is 1. The minimum absolute atomic E-state index is 0.0385. The van der Waals surface area contributed by atoms with Crippen molar-refractivity contribution in [3.05, 3.63) is 0 Å². The van der Waals surface area contributed by atoms with E-state index in [9.17, 15) is 14.4 Å². The molecule has 21 heavy (non-hydrogen) atoms. The zero-order valence-corrected chi connectivity index (χ0v) is 12.7. The number of urea groups is 1. The summed E-state index contributed by atoms with van der Waals surface area (Å²) < 4.78 is 0. The SMILES string of the molecule is CCC(CNC(=O)N1CCC(NC(C)=O)CC1)CC(=O)O. The van der Waals surface area contributed by atoms with Gasteiger partial charge in [-0.25, -0.2) is 4.79 Å². The smallest absolute Gasteiger partial charge is 0.317 e. The van der Waals surface area contributed by atoms with Gasteiger partial charge in [-0.3, -0.25) is 9.59 Å². The highest BCUT2D eigenvalue weighted by Gasteiger charge is 2.23. The number of rotatable bonds is 6. The summed E-state index contributed by atoms with van der Waals surface area (Å²) >= 11 is 0. The van der Waals surface area contributed by atoms with Crippen molar-refractivity contribution in [2.75, 3.05) is 19.6 Å². The molecule has 0 spiro atoms. The van der Waals surface area contributed by atoms with Gasteiger partial charge in [0.1, 0.15) is 0 Å². The Morgan fingerprint density at radius 3 is 2.38 bits per heavy atom. The van der Waals surface area contributed by atoms with Crippen LogP contribution >= 0.6 is 0 Å². The first-order valence-corrected chi connectivity index (χ1v) is 7.44. The fraction of sp³-hybridized carbons (Fsp3) is 0.786. The Morgan fingerprint density at radius 1 is 1.29 bits per heavy atom. The van der Waals surface area contributed by atoms with Crippen molar-refractivity contribution in [3.8, 4) is 0 Å². The largest absolute Gasteiger partial charge is 0.481 e. The maximum absolute atomic E-state index is 12.0. The molecule has 1 atom stereocenters. The summed E-state index contributed by atoms with van der Waals surface area (Å²) in [7, 11) is 0. The second kappa shape index (κ2) is 8.49. The van der Waals surface area contributed by atoms with Crippen LogP contribution in [0.2, 0.25) is 0 Å². The van der Waals surface area contributed by atoms with E-state index in [1.165, 1.54) is 6.92 Å². The maximum atomic E-state index is 12.0. The fourth-order valence-corrected chi connectivity index (χ4v) is 2.47. The van der Waals surface area contributed by atoms with Gasteiger partial charge < -0.3 is 20.6 Å². The third-order valence-electron chi connectivity index (χ3n) is 3.77. The Bertz CT molecular complexity index is 378. The molecular weight excluding hydrogens is 274 g/mol. The first-order chi connectivity index (χ1) is 9.92. The molecule has 7 nitrogen and oxygen atoms in total. The Labute approximate surface area is 125 Å². The molecule has 1 heterocycles. The molecule has 7 heteroatoms. The Hall–Kier alpha value is -1.79. The molecule has 0 saturated carbocycles. The normalized spacial score (nSPS) is 17.1. The van der Waals surface area contributed by atoms with Gasteiger partial charge in [0.25, 0.3) is 0 Å². The number of likely N-dealkylation sites (tertiary alicyclic amines) is 1. The molecule has 1 rings (SSSR count). The molecule has 1 aliphatic rings. The Morgan fingerprint density at radius 2 is 1.90 bits per heavy atom. The van der Waals surface area contributed by atoms with Gasteiger partial charge in [0.05, 0.1) is 0 Å². The molecule has 120 valence electrons. The molecular formula is C14H25N3O4. The van der Waals surface area contributed by atoms with E-state index in [1.807, 2.05) is 6.92 Å². The molecule has 3 N–H and O–H groups in total. The fourth-order valence-electron chi connectivity index (χ4n) is 2.47. The lowest BCUT2D eigenvalue weighted by Crippen LogP contribution is -2.49. The predicted octanol–water partition coefficient (Wildman–Crippen LogP) is 0.797. The number of carbonyl (C=O) groups excluding carboxylic acids is 2. The van der Waals surface area contributed by atoms with Crippen molar-refractivity contribution in [2.45, 2.75) is 45.6 Å². The molecule has 0 aromatic heterocycles. The number of amides is 3. The van der Waals surface area contributed by atoms with Crippen molar-refractivity contribution >= 4 is 17.9 Å². The maximum Gasteiger partial charge on any atom is 0.317 e. The minimum Gasteiger partial charge on any atom is -0.481 e. The molecule has 1 aliphatic heterocycles. The molecule has 0 radical (unpaired) electrons. The highest BCUT2D eigenvalue weighted by Crippen LogP contribution is 2.11. The first kappa shape index (κ1) is 17.3. The summed E-state index contributed by atoms with van der Waals surface area (Å²) in [6.07, 6.45) is 2.29. The van der Waals surface area contributed by atoms with Crippen LogP contribution in [0.3, 0.4) is 0 Å². The predicted molar refractivity (Wildman–Crippen MR) is 77.8 cm³/mol. The van der Waals surface area contributed by atoms with Crippen LogP contribution in [0, 0.1) is 5.92 Å². The molecule has 1 saturated heterocycles. The third kappa shape index (κ3) is 6.46. The second-order valence-electron chi connectivity index (χ2n) is 5.52.